The number of oxazole rings is 1. The average Bonchev–Trinajstić information content (AvgIpc) is 3.08. The van der Waals surface area contributed by atoms with Crippen LogP contribution in [0.25, 0.3) is 11.1 Å². The average molecular weight is 426 g/mol. The predicted octanol–water partition coefficient (Wildman–Crippen LogP) is 3.34. The minimum Gasteiger partial charge on any atom is -0.408 e. The van der Waals surface area contributed by atoms with Crippen molar-refractivity contribution in [1.29, 1.82) is 0 Å². The van der Waals surface area contributed by atoms with Crippen molar-refractivity contribution in [1.82, 2.24) is 14.8 Å². The third kappa shape index (κ3) is 4.79. The van der Waals surface area contributed by atoms with E-state index in [2.05, 4.69) is 40.7 Å². The molecule has 0 radical (unpaired) electrons. The van der Waals surface area contributed by atoms with Gasteiger partial charge in [0.1, 0.15) is 6.54 Å². The Morgan fingerprint density at radius 1 is 1.13 bits per heavy atom. The second kappa shape index (κ2) is 9.53. The maximum atomic E-state index is 12.4. The molecule has 2 heterocycles. The molecule has 30 heavy (non-hydrogen) atoms. The summed E-state index contributed by atoms with van der Waals surface area (Å²) >= 11 is 1.79. The highest BCUT2D eigenvalue weighted by Gasteiger charge is 2.21. The number of thioether (sulfide) groups is 1. The highest BCUT2D eigenvalue weighted by Crippen LogP contribution is 2.24. The molecule has 3 aromatic rings. The summed E-state index contributed by atoms with van der Waals surface area (Å²) in [4.78, 5) is 28.3. The molecule has 1 N–H and O–H groups in total. The van der Waals surface area contributed by atoms with Gasteiger partial charge < -0.3 is 9.73 Å². The van der Waals surface area contributed by atoms with E-state index in [9.17, 15) is 9.59 Å². The lowest BCUT2D eigenvalue weighted by atomic mass is 9.96. The lowest BCUT2D eigenvalue weighted by molar-refractivity contribution is -0.121. The Labute approximate surface area is 180 Å². The van der Waals surface area contributed by atoms with Crippen LogP contribution in [-0.2, 0) is 17.9 Å². The molecule has 1 saturated heterocycles. The van der Waals surface area contributed by atoms with Gasteiger partial charge in [0, 0.05) is 18.0 Å². The number of carbonyl (C=O) groups excluding carboxylic acids is 1. The van der Waals surface area contributed by atoms with Crippen LogP contribution in [0.1, 0.15) is 18.4 Å². The number of nitrogens with one attached hydrogen (secondary N) is 1. The Balaban J connectivity index is 1.25. The van der Waals surface area contributed by atoms with E-state index in [0.29, 0.717) is 23.6 Å². The Morgan fingerprint density at radius 3 is 2.67 bits per heavy atom. The second-order valence-electron chi connectivity index (χ2n) is 7.76. The van der Waals surface area contributed by atoms with Gasteiger partial charge in [0.2, 0.25) is 5.91 Å². The highest BCUT2D eigenvalue weighted by atomic mass is 32.2. The third-order valence-electron chi connectivity index (χ3n) is 5.76. The molecule has 4 rings (SSSR count). The fourth-order valence-electron chi connectivity index (χ4n) is 4.04. The number of amides is 1. The Morgan fingerprint density at radius 2 is 1.87 bits per heavy atom. The monoisotopic (exact) mass is 425 g/mol. The molecule has 0 spiro atoms. The maximum Gasteiger partial charge on any atom is 0.420 e. The van der Waals surface area contributed by atoms with Crippen LogP contribution in [0.15, 0.2) is 62.6 Å². The SMILES string of the molecule is CSc1ccccc1CN1CCC(CNC(=O)Cn2c(=O)oc3ccccc32)CC1. The summed E-state index contributed by atoms with van der Waals surface area (Å²) in [6.45, 7) is 3.69. The molecule has 1 fully saturated rings. The number of piperidine rings is 1. The van der Waals surface area contributed by atoms with E-state index in [4.69, 9.17) is 4.42 Å². The van der Waals surface area contributed by atoms with Crippen molar-refractivity contribution in [3.05, 3.63) is 64.6 Å². The molecular formula is C23H27N3O3S. The first-order valence-electron chi connectivity index (χ1n) is 10.3. The first-order chi connectivity index (χ1) is 14.6. The smallest absolute Gasteiger partial charge is 0.408 e. The van der Waals surface area contributed by atoms with E-state index in [0.717, 1.165) is 32.5 Å². The Bertz CT molecular complexity index is 1070. The maximum absolute atomic E-state index is 12.4. The molecule has 6 nitrogen and oxygen atoms in total. The number of rotatable bonds is 7. The summed E-state index contributed by atoms with van der Waals surface area (Å²) in [5.41, 5.74) is 2.54. The zero-order valence-corrected chi connectivity index (χ0v) is 18.0. The van der Waals surface area contributed by atoms with Crippen LogP contribution in [0, 0.1) is 5.92 Å². The minimum absolute atomic E-state index is 0.0137. The molecule has 0 bridgehead atoms. The summed E-state index contributed by atoms with van der Waals surface area (Å²) in [5, 5.41) is 3.00. The summed E-state index contributed by atoms with van der Waals surface area (Å²) in [6, 6.07) is 15.7. The van der Waals surface area contributed by atoms with Gasteiger partial charge in [0.15, 0.2) is 5.58 Å². The van der Waals surface area contributed by atoms with Crippen molar-refractivity contribution in [2.24, 2.45) is 5.92 Å². The first-order valence-corrected chi connectivity index (χ1v) is 11.6. The fourth-order valence-corrected chi connectivity index (χ4v) is 4.65. The van der Waals surface area contributed by atoms with E-state index in [-0.39, 0.29) is 12.5 Å². The number of hydrogen-bond acceptors (Lipinski definition) is 5. The number of carbonyl (C=O) groups is 1. The lowest BCUT2D eigenvalue weighted by Gasteiger charge is -2.32. The fraction of sp³-hybridized carbons (Fsp3) is 0.391. The van der Waals surface area contributed by atoms with Gasteiger partial charge in [-0.2, -0.15) is 0 Å². The largest absolute Gasteiger partial charge is 0.420 e. The van der Waals surface area contributed by atoms with Crippen molar-refractivity contribution in [3.63, 3.8) is 0 Å². The molecule has 0 aliphatic carbocycles. The molecule has 1 aliphatic heterocycles. The van der Waals surface area contributed by atoms with Crippen molar-refractivity contribution in [2.75, 3.05) is 25.9 Å². The number of benzene rings is 2. The Hall–Kier alpha value is -2.51. The summed E-state index contributed by atoms with van der Waals surface area (Å²) in [5.74, 6) is -0.177. The van der Waals surface area contributed by atoms with E-state index in [1.165, 1.54) is 15.0 Å². The van der Waals surface area contributed by atoms with Gasteiger partial charge >= 0.3 is 5.76 Å². The van der Waals surface area contributed by atoms with Crippen molar-refractivity contribution < 1.29 is 9.21 Å². The number of likely N-dealkylation sites (tertiary alicyclic amines) is 1. The van der Waals surface area contributed by atoms with Crippen molar-refractivity contribution >= 4 is 28.8 Å². The van der Waals surface area contributed by atoms with Gasteiger partial charge in [0.05, 0.1) is 5.52 Å². The van der Waals surface area contributed by atoms with Crippen molar-refractivity contribution in [2.45, 2.75) is 30.8 Å². The van der Waals surface area contributed by atoms with Gasteiger partial charge in [-0.1, -0.05) is 30.3 Å². The molecule has 1 aromatic heterocycles. The topological polar surface area (TPSA) is 67.5 Å². The number of fused-ring (bicyclic) bond motifs is 1. The van der Waals surface area contributed by atoms with E-state index < -0.39 is 5.76 Å². The van der Waals surface area contributed by atoms with Gasteiger partial charge in [0.25, 0.3) is 0 Å². The van der Waals surface area contributed by atoms with Crippen LogP contribution < -0.4 is 11.1 Å². The zero-order valence-electron chi connectivity index (χ0n) is 17.2. The van der Waals surface area contributed by atoms with Gasteiger partial charge in [-0.25, -0.2) is 4.79 Å². The standard InChI is InChI=1S/C23H27N3O3S/c1-30-21-9-5-2-6-18(21)15-25-12-10-17(11-13-25)14-24-22(27)16-26-19-7-3-4-8-20(19)29-23(26)28/h2-9,17H,10-16H2,1H3,(H,24,27). The van der Waals surface area contributed by atoms with Crippen LogP contribution in [0.2, 0.25) is 0 Å². The quantitative estimate of drug-likeness (QED) is 0.588. The molecule has 0 saturated carbocycles. The molecule has 2 aromatic carbocycles. The van der Waals surface area contributed by atoms with Gasteiger partial charge in [-0.15, -0.1) is 11.8 Å². The summed E-state index contributed by atoms with van der Waals surface area (Å²) < 4.78 is 6.58. The van der Waals surface area contributed by atoms with E-state index in [1.54, 1.807) is 23.9 Å². The molecule has 158 valence electrons. The van der Waals surface area contributed by atoms with Gasteiger partial charge in [-0.3, -0.25) is 14.3 Å². The lowest BCUT2D eigenvalue weighted by Crippen LogP contribution is -2.39. The number of nitrogens with zero attached hydrogens (tertiary/aromatic N) is 2. The van der Waals surface area contributed by atoms with Crippen molar-refractivity contribution in [3.8, 4) is 0 Å². The minimum atomic E-state index is -0.495. The predicted molar refractivity (Wildman–Crippen MR) is 120 cm³/mol. The number of aromatic nitrogens is 1. The highest BCUT2D eigenvalue weighted by molar-refractivity contribution is 7.98. The summed E-state index contributed by atoms with van der Waals surface area (Å²) in [6.07, 6.45) is 4.25. The Kier molecular flexibility index (Phi) is 6.59. The van der Waals surface area contributed by atoms with E-state index >= 15 is 0 Å². The third-order valence-corrected chi connectivity index (χ3v) is 6.60. The zero-order chi connectivity index (χ0) is 20.9. The van der Waals surface area contributed by atoms with Crippen LogP contribution in [0.4, 0.5) is 0 Å². The van der Waals surface area contributed by atoms with E-state index in [1.807, 2.05) is 12.1 Å². The second-order valence-corrected chi connectivity index (χ2v) is 8.61. The number of hydrogen-bond donors (Lipinski definition) is 1. The van der Waals surface area contributed by atoms with Crippen LogP contribution in [0.5, 0.6) is 0 Å². The normalized spacial score (nSPS) is 15.5. The molecule has 1 amide bonds. The van der Waals surface area contributed by atoms with Crippen LogP contribution in [0.3, 0.4) is 0 Å². The molecular weight excluding hydrogens is 398 g/mol. The number of para-hydroxylation sites is 2. The molecule has 1 aliphatic rings. The summed E-state index contributed by atoms with van der Waals surface area (Å²) in [7, 11) is 0. The molecule has 0 atom stereocenters. The first kappa shape index (κ1) is 20.8. The molecule has 0 unspecified atom stereocenters. The van der Waals surface area contributed by atoms with Crippen LogP contribution >= 0.6 is 11.8 Å². The molecule has 7 heteroatoms. The van der Waals surface area contributed by atoms with Gasteiger partial charge in [-0.05, 0) is 61.9 Å². The van der Waals surface area contributed by atoms with Crippen LogP contribution in [-0.4, -0.2) is 41.3 Å².